The summed E-state index contributed by atoms with van der Waals surface area (Å²) in [4.78, 5) is 34.1. The van der Waals surface area contributed by atoms with Gasteiger partial charge in [-0.1, -0.05) is 28.9 Å². The number of benzene rings is 2. The molecule has 2 amide bonds. The molecular formula is C27H30N4O3. The first-order valence-corrected chi connectivity index (χ1v) is 12.0. The van der Waals surface area contributed by atoms with Gasteiger partial charge in [0, 0.05) is 43.2 Å². The van der Waals surface area contributed by atoms with Gasteiger partial charge < -0.3 is 14.3 Å². The largest absolute Gasteiger partial charge is 0.342 e. The van der Waals surface area contributed by atoms with E-state index in [1.54, 1.807) is 4.90 Å². The molecule has 2 saturated heterocycles. The minimum Gasteiger partial charge on any atom is -0.342 e. The van der Waals surface area contributed by atoms with E-state index in [0.717, 1.165) is 29.7 Å². The molecule has 2 aromatic carbocycles. The number of anilines is 1. The van der Waals surface area contributed by atoms with Crippen molar-refractivity contribution in [1.82, 2.24) is 15.0 Å². The van der Waals surface area contributed by atoms with Crippen LogP contribution < -0.4 is 4.90 Å². The van der Waals surface area contributed by atoms with E-state index in [2.05, 4.69) is 17.1 Å². The van der Waals surface area contributed by atoms with E-state index >= 15 is 0 Å². The van der Waals surface area contributed by atoms with Crippen LogP contribution in [0.5, 0.6) is 0 Å². The maximum absolute atomic E-state index is 13.2. The monoisotopic (exact) mass is 458 g/mol. The smallest absolute Gasteiger partial charge is 0.257 e. The maximum atomic E-state index is 13.2. The van der Waals surface area contributed by atoms with Gasteiger partial charge in [0.05, 0.1) is 5.92 Å². The van der Waals surface area contributed by atoms with Crippen LogP contribution in [0.15, 0.2) is 47.0 Å². The molecule has 176 valence electrons. The second-order valence-corrected chi connectivity index (χ2v) is 9.60. The Morgan fingerprint density at radius 3 is 2.44 bits per heavy atom. The summed E-state index contributed by atoms with van der Waals surface area (Å²) in [6.45, 7) is 7.88. The lowest BCUT2D eigenvalue weighted by atomic mass is 9.95. The van der Waals surface area contributed by atoms with Gasteiger partial charge in [-0.2, -0.15) is 4.98 Å². The quantitative estimate of drug-likeness (QED) is 0.578. The third-order valence-electron chi connectivity index (χ3n) is 7.19. The summed E-state index contributed by atoms with van der Waals surface area (Å²) >= 11 is 0. The van der Waals surface area contributed by atoms with Gasteiger partial charge in [0.2, 0.25) is 11.8 Å². The molecule has 0 saturated carbocycles. The number of carbonyl (C=O) groups is 2. The van der Waals surface area contributed by atoms with Gasteiger partial charge in [0.15, 0.2) is 5.82 Å². The summed E-state index contributed by atoms with van der Waals surface area (Å²) in [7, 11) is 0. The van der Waals surface area contributed by atoms with E-state index in [1.807, 2.05) is 61.2 Å². The van der Waals surface area contributed by atoms with Gasteiger partial charge >= 0.3 is 0 Å². The Labute approximate surface area is 199 Å². The summed E-state index contributed by atoms with van der Waals surface area (Å²) in [5, 5.41) is 4.21. The molecule has 0 aliphatic carbocycles. The SMILES string of the molecule is Cc1ccc(-c2nc(C3CCN(C(=O)[C@@H]4CC(=O)N(c5ccc(C)c(C)c5)C4)CC3)no2)cc1. The lowest BCUT2D eigenvalue weighted by molar-refractivity contribution is -0.136. The summed E-state index contributed by atoms with van der Waals surface area (Å²) in [6, 6.07) is 14.0. The molecule has 34 heavy (non-hydrogen) atoms. The number of amides is 2. The highest BCUT2D eigenvalue weighted by Gasteiger charge is 2.38. The predicted molar refractivity (Wildman–Crippen MR) is 129 cm³/mol. The Balaban J connectivity index is 1.19. The van der Waals surface area contributed by atoms with Crippen LogP contribution in [-0.4, -0.2) is 46.5 Å². The second kappa shape index (κ2) is 9.05. The fourth-order valence-corrected chi connectivity index (χ4v) is 4.85. The Bertz CT molecular complexity index is 1210. The number of hydrogen-bond donors (Lipinski definition) is 0. The van der Waals surface area contributed by atoms with Crippen molar-refractivity contribution in [3.63, 3.8) is 0 Å². The molecule has 3 heterocycles. The molecule has 3 aromatic rings. The zero-order valence-corrected chi connectivity index (χ0v) is 20.0. The molecule has 0 radical (unpaired) electrons. The maximum Gasteiger partial charge on any atom is 0.257 e. The van der Waals surface area contributed by atoms with Gasteiger partial charge in [-0.3, -0.25) is 9.59 Å². The van der Waals surface area contributed by atoms with E-state index < -0.39 is 0 Å². The number of nitrogens with zero attached hydrogens (tertiary/aromatic N) is 4. The highest BCUT2D eigenvalue weighted by Crippen LogP contribution is 2.31. The van der Waals surface area contributed by atoms with Crippen molar-refractivity contribution in [2.45, 2.75) is 46.0 Å². The molecule has 0 spiro atoms. The Morgan fingerprint density at radius 1 is 1.00 bits per heavy atom. The first-order valence-electron chi connectivity index (χ1n) is 12.0. The van der Waals surface area contributed by atoms with Gasteiger partial charge in [0.1, 0.15) is 0 Å². The number of hydrogen-bond acceptors (Lipinski definition) is 5. The number of piperidine rings is 1. The number of aryl methyl sites for hydroxylation is 3. The van der Waals surface area contributed by atoms with Crippen LogP contribution in [0.25, 0.3) is 11.5 Å². The molecule has 0 bridgehead atoms. The minimum absolute atomic E-state index is 0.0203. The first-order chi connectivity index (χ1) is 16.4. The molecule has 1 atom stereocenters. The van der Waals surface area contributed by atoms with Gasteiger partial charge in [-0.25, -0.2) is 0 Å². The topological polar surface area (TPSA) is 79.5 Å². The molecule has 7 heteroatoms. The summed E-state index contributed by atoms with van der Waals surface area (Å²) < 4.78 is 5.50. The summed E-state index contributed by atoms with van der Waals surface area (Å²) in [5.41, 5.74) is 5.31. The number of rotatable bonds is 4. The molecule has 1 aromatic heterocycles. The predicted octanol–water partition coefficient (Wildman–Crippen LogP) is 4.42. The molecule has 2 aliphatic heterocycles. The number of likely N-dealkylation sites (tertiary alicyclic amines) is 1. The van der Waals surface area contributed by atoms with Gasteiger partial charge in [0.25, 0.3) is 5.89 Å². The van der Waals surface area contributed by atoms with Crippen LogP contribution in [0.1, 0.15) is 47.7 Å². The van der Waals surface area contributed by atoms with Crippen LogP contribution >= 0.6 is 0 Å². The van der Waals surface area contributed by atoms with Crippen molar-refractivity contribution in [2.24, 2.45) is 5.92 Å². The highest BCUT2D eigenvalue weighted by molar-refractivity contribution is 6.00. The second-order valence-electron chi connectivity index (χ2n) is 9.60. The summed E-state index contributed by atoms with van der Waals surface area (Å²) in [6.07, 6.45) is 1.86. The van der Waals surface area contributed by atoms with Crippen molar-refractivity contribution in [2.75, 3.05) is 24.5 Å². The average Bonchev–Trinajstić information content (AvgIpc) is 3.48. The van der Waals surface area contributed by atoms with E-state index in [4.69, 9.17) is 4.52 Å². The van der Waals surface area contributed by atoms with Crippen molar-refractivity contribution in [3.05, 3.63) is 65.0 Å². The van der Waals surface area contributed by atoms with Crippen LogP contribution in [0.3, 0.4) is 0 Å². The normalized spacial score (nSPS) is 19.1. The van der Waals surface area contributed by atoms with E-state index in [1.165, 1.54) is 11.1 Å². The molecule has 2 aliphatic rings. The van der Waals surface area contributed by atoms with E-state index in [0.29, 0.717) is 31.3 Å². The fraction of sp³-hybridized carbons (Fsp3) is 0.407. The first kappa shape index (κ1) is 22.3. The number of aromatic nitrogens is 2. The van der Waals surface area contributed by atoms with E-state index in [9.17, 15) is 9.59 Å². The zero-order valence-electron chi connectivity index (χ0n) is 20.0. The molecule has 7 nitrogen and oxygen atoms in total. The van der Waals surface area contributed by atoms with Crippen LogP contribution in [0.2, 0.25) is 0 Å². The molecule has 0 unspecified atom stereocenters. The molecular weight excluding hydrogens is 428 g/mol. The number of carbonyl (C=O) groups excluding carboxylic acids is 2. The Morgan fingerprint density at radius 2 is 1.74 bits per heavy atom. The van der Waals surface area contributed by atoms with Crippen molar-refractivity contribution >= 4 is 17.5 Å². The highest BCUT2D eigenvalue weighted by atomic mass is 16.5. The molecule has 0 N–H and O–H groups in total. The van der Waals surface area contributed by atoms with Gasteiger partial charge in [-0.05, 0) is 69.0 Å². The minimum atomic E-state index is -0.288. The molecule has 2 fully saturated rings. The Hall–Kier alpha value is -3.48. The lowest BCUT2D eigenvalue weighted by Gasteiger charge is -2.32. The standard InChI is InChI=1S/C27H30N4O3/c1-17-4-7-21(8-5-17)26-28-25(29-34-26)20-10-12-30(13-11-20)27(33)22-15-24(32)31(16-22)23-9-6-18(2)19(3)14-23/h4-9,14,20,22H,10-13,15-16H2,1-3H3/t22-/m1/s1. The van der Waals surface area contributed by atoms with Crippen molar-refractivity contribution in [1.29, 1.82) is 0 Å². The Kier molecular flexibility index (Phi) is 5.94. The van der Waals surface area contributed by atoms with Crippen LogP contribution in [0.4, 0.5) is 5.69 Å². The zero-order chi connectivity index (χ0) is 23.8. The van der Waals surface area contributed by atoms with E-state index in [-0.39, 0.29) is 30.1 Å². The van der Waals surface area contributed by atoms with Crippen molar-refractivity contribution in [3.8, 4) is 11.5 Å². The van der Waals surface area contributed by atoms with Crippen molar-refractivity contribution < 1.29 is 14.1 Å². The third kappa shape index (κ3) is 4.34. The molecule has 5 rings (SSSR count). The average molecular weight is 459 g/mol. The van der Waals surface area contributed by atoms with Gasteiger partial charge in [-0.15, -0.1) is 0 Å². The third-order valence-corrected chi connectivity index (χ3v) is 7.19. The lowest BCUT2D eigenvalue weighted by Crippen LogP contribution is -2.42. The van der Waals surface area contributed by atoms with Crippen LogP contribution in [-0.2, 0) is 9.59 Å². The van der Waals surface area contributed by atoms with Crippen LogP contribution in [0, 0.1) is 26.7 Å². The summed E-state index contributed by atoms with van der Waals surface area (Å²) in [5.74, 6) is 1.22. The fourth-order valence-electron chi connectivity index (χ4n) is 4.85.